The number of nitrogens with two attached hydrogens (primary N) is 1. The maximum absolute atomic E-state index is 12.4. The fourth-order valence-electron chi connectivity index (χ4n) is 5.11. The van der Waals surface area contributed by atoms with Crippen LogP contribution in [0.4, 0.5) is 4.79 Å². The topological polar surface area (TPSA) is 117 Å². The molecule has 2 aromatic rings. The molecule has 2 heterocycles. The highest BCUT2D eigenvalue weighted by Gasteiger charge is 2.33. The van der Waals surface area contributed by atoms with Gasteiger partial charge in [0.1, 0.15) is 11.9 Å². The van der Waals surface area contributed by atoms with Crippen molar-refractivity contribution in [2.75, 3.05) is 32.1 Å². The summed E-state index contributed by atoms with van der Waals surface area (Å²) in [6, 6.07) is 13.9. The summed E-state index contributed by atoms with van der Waals surface area (Å²) in [7, 11) is -3.39. The minimum atomic E-state index is -3.39. The van der Waals surface area contributed by atoms with Gasteiger partial charge in [-0.1, -0.05) is 42.9 Å². The van der Waals surface area contributed by atoms with Crippen LogP contribution in [-0.4, -0.2) is 57.3 Å². The number of benzene rings is 2. The summed E-state index contributed by atoms with van der Waals surface area (Å²) in [5.41, 5.74) is 4.03. The van der Waals surface area contributed by atoms with Crippen molar-refractivity contribution in [3.05, 3.63) is 64.7 Å². The van der Waals surface area contributed by atoms with Crippen LogP contribution >= 0.6 is 0 Å². The Morgan fingerprint density at radius 2 is 1.88 bits per heavy atom. The van der Waals surface area contributed by atoms with Crippen molar-refractivity contribution in [3.63, 3.8) is 0 Å². The Balaban J connectivity index is 1.04. The molecule has 2 aromatic carbocycles. The number of ether oxygens (including phenoxy) is 4. The molecule has 0 aromatic heterocycles. The summed E-state index contributed by atoms with van der Waals surface area (Å²) >= 11 is 0. The molecule has 1 amide bonds. The van der Waals surface area contributed by atoms with Gasteiger partial charge >= 0.3 is 6.09 Å². The van der Waals surface area contributed by atoms with E-state index in [2.05, 4.69) is 11.8 Å². The predicted octanol–water partition coefficient (Wildman–Crippen LogP) is 5.46. The van der Waals surface area contributed by atoms with Crippen molar-refractivity contribution in [1.82, 2.24) is 4.90 Å². The zero-order valence-electron chi connectivity index (χ0n) is 25.3. The van der Waals surface area contributed by atoms with Crippen molar-refractivity contribution in [1.29, 1.82) is 0 Å². The minimum absolute atomic E-state index is 0.0192. The molecule has 1 fully saturated rings. The Kier molecular flexibility index (Phi) is 11.9. The molecule has 2 aliphatic rings. The van der Waals surface area contributed by atoms with Crippen LogP contribution in [-0.2, 0) is 37.3 Å². The van der Waals surface area contributed by atoms with E-state index >= 15 is 0 Å². The first-order valence-electron chi connectivity index (χ1n) is 15.2. The number of amides is 1. The maximum atomic E-state index is 12.4. The van der Waals surface area contributed by atoms with E-state index in [1.807, 2.05) is 56.3 Å². The van der Waals surface area contributed by atoms with Crippen LogP contribution in [0.5, 0.6) is 5.75 Å². The van der Waals surface area contributed by atoms with Crippen LogP contribution in [0.25, 0.3) is 0 Å². The number of cyclic esters (lactones) is 1. The quantitative estimate of drug-likeness (QED) is 0.210. The molecule has 0 bridgehead atoms. The lowest BCUT2D eigenvalue weighted by Crippen LogP contribution is -2.35. The normalized spacial score (nSPS) is 17.5. The summed E-state index contributed by atoms with van der Waals surface area (Å²) < 4.78 is 45.1. The molecule has 0 aliphatic carbocycles. The maximum Gasteiger partial charge on any atom is 0.410 e. The van der Waals surface area contributed by atoms with Gasteiger partial charge in [-0.2, -0.15) is 0 Å². The third kappa shape index (κ3) is 11.2. The number of fused-ring (bicyclic) bond motifs is 1. The lowest BCUT2D eigenvalue weighted by molar-refractivity contribution is -0.180. The number of hydrogen-bond acceptors (Lipinski definition) is 7. The number of carbonyl (C=O) groups is 1. The number of nitrogens with zero attached hydrogens (tertiary/aromatic N) is 1. The SMILES string of the molecule is CC1(C)OCc2cc([C@@H]3CN(CCCCCCOCCC#Cc4cccc(CCCCS(N)(=O)=O)c4)C(=O)O3)ccc2O1. The Morgan fingerprint density at radius 1 is 1.05 bits per heavy atom. The second kappa shape index (κ2) is 15.6. The third-order valence-corrected chi connectivity index (χ3v) is 8.27. The van der Waals surface area contributed by atoms with E-state index in [9.17, 15) is 13.2 Å². The number of aryl methyl sites for hydroxylation is 1. The van der Waals surface area contributed by atoms with Crippen molar-refractivity contribution in [3.8, 4) is 17.6 Å². The highest BCUT2D eigenvalue weighted by molar-refractivity contribution is 7.89. The highest BCUT2D eigenvalue weighted by Crippen LogP contribution is 2.35. The molecular weight excluding hydrogens is 568 g/mol. The first kappa shape index (κ1) is 32.8. The molecule has 1 atom stereocenters. The monoisotopic (exact) mass is 612 g/mol. The standard InChI is InChI=1S/C33H44N2O7S/c1-33(2)40-25-29-23-28(16-17-30(29)42-33)31-24-35(32(36)41-31)18-7-3-4-8-19-39-20-9-5-12-26-14-11-15-27(22-26)13-6-10-21-43(34,37)38/h11,14-17,22-23,31H,3-4,6-10,13,18-21,24-25H2,1-2H3,(H2,34,37,38)/t31-/m0/s1. The van der Waals surface area contributed by atoms with Crippen LogP contribution in [0.2, 0.25) is 0 Å². The molecular formula is C33H44N2O7S. The molecule has 43 heavy (non-hydrogen) atoms. The molecule has 2 N–H and O–H groups in total. The van der Waals surface area contributed by atoms with Gasteiger partial charge in [-0.15, -0.1) is 0 Å². The van der Waals surface area contributed by atoms with Crippen molar-refractivity contribution in [2.45, 2.75) is 83.7 Å². The van der Waals surface area contributed by atoms with E-state index in [4.69, 9.17) is 24.1 Å². The summed E-state index contributed by atoms with van der Waals surface area (Å²) in [4.78, 5) is 14.2. The number of carbonyl (C=O) groups excluding carboxylic acids is 1. The van der Waals surface area contributed by atoms with E-state index < -0.39 is 15.8 Å². The van der Waals surface area contributed by atoms with Gasteiger partial charge in [0.05, 0.1) is 25.5 Å². The van der Waals surface area contributed by atoms with Crippen LogP contribution < -0.4 is 9.88 Å². The second-order valence-corrected chi connectivity index (χ2v) is 13.3. The largest absolute Gasteiger partial charge is 0.463 e. The van der Waals surface area contributed by atoms with E-state index in [1.54, 1.807) is 4.90 Å². The van der Waals surface area contributed by atoms with Gasteiger partial charge in [-0.05, 0) is 67.5 Å². The Bertz CT molecular complexity index is 1400. The number of primary sulfonamides is 1. The Labute approximate surface area is 256 Å². The van der Waals surface area contributed by atoms with Gasteiger partial charge in [0.15, 0.2) is 0 Å². The van der Waals surface area contributed by atoms with E-state index in [-0.39, 0.29) is 18.0 Å². The first-order valence-corrected chi connectivity index (χ1v) is 16.9. The van der Waals surface area contributed by atoms with E-state index in [0.717, 1.165) is 66.5 Å². The molecule has 0 saturated carbocycles. The Morgan fingerprint density at radius 3 is 2.72 bits per heavy atom. The van der Waals surface area contributed by atoms with Crippen LogP contribution in [0.1, 0.15) is 87.2 Å². The summed E-state index contributed by atoms with van der Waals surface area (Å²) in [5, 5.41) is 5.05. The first-order chi connectivity index (χ1) is 20.6. The lowest BCUT2D eigenvalue weighted by Gasteiger charge is -2.32. The average Bonchev–Trinajstić information content (AvgIpc) is 3.33. The summed E-state index contributed by atoms with van der Waals surface area (Å²) in [6.07, 6.45) is 6.24. The van der Waals surface area contributed by atoms with Gasteiger partial charge in [-0.25, -0.2) is 18.4 Å². The average molecular weight is 613 g/mol. The van der Waals surface area contributed by atoms with Crippen LogP contribution in [0.3, 0.4) is 0 Å². The molecule has 234 valence electrons. The second-order valence-electron chi connectivity index (χ2n) is 11.6. The zero-order chi connectivity index (χ0) is 30.7. The number of hydrogen-bond donors (Lipinski definition) is 1. The predicted molar refractivity (Wildman–Crippen MR) is 165 cm³/mol. The van der Waals surface area contributed by atoms with Crippen molar-refractivity contribution < 1.29 is 32.2 Å². The number of sulfonamides is 1. The van der Waals surface area contributed by atoms with Gasteiger partial charge in [-0.3, -0.25) is 0 Å². The van der Waals surface area contributed by atoms with E-state index in [1.165, 1.54) is 0 Å². The fourth-order valence-corrected chi connectivity index (χ4v) is 5.72. The lowest BCUT2D eigenvalue weighted by atomic mass is 10.0. The molecule has 10 heteroatoms. The van der Waals surface area contributed by atoms with Gasteiger partial charge < -0.3 is 23.8 Å². The zero-order valence-corrected chi connectivity index (χ0v) is 26.1. The van der Waals surface area contributed by atoms with Gasteiger partial charge in [0.2, 0.25) is 15.8 Å². The molecule has 4 rings (SSSR count). The minimum Gasteiger partial charge on any atom is -0.463 e. The number of rotatable bonds is 15. The smallest absolute Gasteiger partial charge is 0.410 e. The van der Waals surface area contributed by atoms with Crippen molar-refractivity contribution >= 4 is 16.1 Å². The molecule has 0 radical (unpaired) electrons. The van der Waals surface area contributed by atoms with Crippen molar-refractivity contribution in [2.24, 2.45) is 5.14 Å². The summed E-state index contributed by atoms with van der Waals surface area (Å²) in [6.45, 7) is 6.80. The fraction of sp³-hybridized carbons (Fsp3) is 0.545. The molecule has 1 saturated heterocycles. The number of unbranched alkanes of at least 4 members (excludes halogenated alkanes) is 4. The molecule has 0 unspecified atom stereocenters. The summed E-state index contributed by atoms with van der Waals surface area (Å²) in [5.74, 6) is 6.54. The van der Waals surface area contributed by atoms with Crippen LogP contribution in [0.15, 0.2) is 42.5 Å². The third-order valence-electron chi connectivity index (χ3n) is 7.42. The Hall–Kier alpha value is -3.10. The van der Waals surface area contributed by atoms with Gasteiger partial charge in [0.25, 0.3) is 0 Å². The van der Waals surface area contributed by atoms with Crippen LogP contribution in [0, 0.1) is 11.8 Å². The van der Waals surface area contributed by atoms with E-state index in [0.29, 0.717) is 45.8 Å². The molecule has 9 nitrogen and oxygen atoms in total. The molecule has 0 spiro atoms. The van der Waals surface area contributed by atoms with Gasteiger partial charge in [0, 0.05) is 44.5 Å². The molecule has 2 aliphatic heterocycles. The highest BCUT2D eigenvalue weighted by atomic mass is 32.2.